The predicted molar refractivity (Wildman–Crippen MR) is 91.6 cm³/mol. The number of nitrogens with one attached hydrogen (secondary N) is 1. The average Bonchev–Trinajstić information content (AvgIpc) is 2.49. The topological polar surface area (TPSA) is 94.8 Å². The lowest BCUT2D eigenvalue weighted by Gasteiger charge is -2.19. The summed E-state index contributed by atoms with van der Waals surface area (Å²) < 4.78 is 15.3. The molecule has 1 heterocycles. The van der Waals surface area contributed by atoms with Crippen LogP contribution in [-0.4, -0.2) is 24.2 Å². The highest BCUT2D eigenvalue weighted by atomic mass is 16.6. The zero-order valence-corrected chi connectivity index (χ0v) is 14.5. The number of alkyl carbamates (subject to hydrolysis) is 1. The molecule has 1 aromatic heterocycles. The van der Waals surface area contributed by atoms with Crippen LogP contribution in [0.25, 0.3) is 11.0 Å². The van der Waals surface area contributed by atoms with Gasteiger partial charge in [-0.05, 0) is 45.4 Å². The number of carbonyl (C=O) groups is 2. The second-order valence-electron chi connectivity index (χ2n) is 6.46. The van der Waals surface area contributed by atoms with Gasteiger partial charge in [-0.3, -0.25) is 4.79 Å². The standard InChI is InChI=1S/C18H21NO6/c1-18(2,3)25-17(22)19-10-4-5-15(20)23-13-8-6-12-7-9-16(21)24-14(12)11-13/h6-9,11H,4-5,10H2,1-3H3,(H,19,22). The quantitative estimate of drug-likeness (QED) is 0.387. The Morgan fingerprint density at radius 2 is 1.88 bits per heavy atom. The predicted octanol–water partition coefficient (Wildman–Crippen LogP) is 3.00. The maximum Gasteiger partial charge on any atom is 0.407 e. The second kappa shape index (κ2) is 7.83. The van der Waals surface area contributed by atoms with Crippen LogP contribution in [0.15, 0.2) is 39.5 Å². The number of hydrogen-bond donors (Lipinski definition) is 1. The fourth-order valence-electron chi connectivity index (χ4n) is 2.02. The van der Waals surface area contributed by atoms with Crippen LogP contribution >= 0.6 is 0 Å². The molecule has 0 unspecified atom stereocenters. The molecule has 0 saturated heterocycles. The average molecular weight is 347 g/mol. The number of rotatable bonds is 5. The monoisotopic (exact) mass is 347 g/mol. The van der Waals surface area contributed by atoms with E-state index in [1.54, 1.807) is 39.0 Å². The summed E-state index contributed by atoms with van der Waals surface area (Å²) in [5.41, 5.74) is -0.678. The molecule has 1 aromatic carbocycles. The number of esters is 1. The molecule has 1 N–H and O–H groups in total. The Balaban J connectivity index is 1.79. The van der Waals surface area contributed by atoms with Crippen LogP contribution in [0, 0.1) is 0 Å². The Bertz CT molecular complexity index is 818. The number of amides is 1. The SMILES string of the molecule is CC(C)(C)OC(=O)NCCCC(=O)Oc1ccc2ccc(=O)oc2c1. The minimum atomic E-state index is -0.561. The van der Waals surface area contributed by atoms with E-state index in [1.165, 1.54) is 12.1 Å². The van der Waals surface area contributed by atoms with Crippen LogP contribution < -0.4 is 15.7 Å². The molecule has 0 fully saturated rings. The molecule has 0 spiro atoms. The van der Waals surface area contributed by atoms with Gasteiger partial charge in [0.15, 0.2) is 0 Å². The molecule has 0 radical (unpaired) electrons. The van der Waals surface area contributed by atoms with Gasteiger partial charge in [-0.1, -0.05) is 0 Å². The first-order valence-electron chi connectivity index (χ1n) is 7.94. The van der Waals surface area contributed by atoms with Crippen LogP contribution in [0.1, 0.15) is 33.6 Å². The fraction of sp³-hybridized carbons (Fsp3) is 0.389. The van der Waals surface area contributed by atoms with Crippen LogP contribution in [0.3, 0.4) is 0 Å². The van der Waals surface area contributed by atoms with Crippen molar-refractivity contribution in [1.29, 1.82) is 0 Å². The lowest BCUT2D eigenvalue weighted by molar-refractivity contribution is -0.134. The zero-order valence-electron chi connectivity index (χ0n) is 14.5. The number of carbonyl (C=O) groups excluding carboxylic acids is 2. The molecule has 0 aliphatic rings. The third kappa shape index (κ3) is 6.29. The molecule has 7 nitrogen and oxygen atoms in total. The molecule has 1 amide bonds. The van der Waals surface area contributed by atoms with Crippen molar-refractivity contribution in [3.8, 4) is 5.75 Å². The summed E-state index contributed by atoms with van der Waals surface area (Å²) in [6.45, 7) is 5.62. The minimum Gasteiger partial charge on any atom is -0.444 e. The molecule has 2 rings (SSSR count). The van der Waals surface area contributed by atoms with Gasteiger partial charge in [0.1, 0.15) is 16.9 Å². The van der Waals surface area contributed by atoms with E-state index >= 15 is 0 Å². The lowest BCUT2D eigenvalue weighted by Crippen LogP contribution is -2.33. The molecule has 0 bridgehead atoms. The van der Waals surface area contributed by atoms with Crippen molar-refractivity contribution in [1.82, 2.24) is 5.32 Å². The van der Waals surface area contributed by atoms with Crippen LogP contribution in [0.2, 0.25) is 0 Å². The van der Waals surface area contributed by atoms with Crippen molar-refractivity contribution in [3.63, 3.8) is 0 Å². The van der Waals surface area contributed by atoms with Crippen molar-refractivity contribution >= 4 is 23.0 Å². The smallest absolute Gasteiger partial charge is 0.407 e. The van der Waals surface area contributed by atoms with E-state index in [2.05, 4.69) is 5.32 Å². The number of ether oxygens (including phenoxy) is 2. The highest BCUT2D eigenvalue weighted by Crippen LogP contribution is 2.19. The van der Waals surface area contributed by atoms with E-state index in [9.17, 15) is 14.4 Å². The first kappa shape index (κ1) is 18.5. The summed E-state index contributed by atoms with van der Waals surface area (Å²) in [5.74, 6) is -0.143. The van der Waals surface area contributed by atoms with Crippen molar-refractivity contribution in [2.24, 2.45) is 0 Å². The first-order chi connectivity index (χ1) is 11.7. The Labute approximate surface area is 144 Å². The summed E-state index contributed by atoms with van der Waals surface area (Å²) in [6.07, 6.45) is 0.0262. The van der Waals surface area contributed by atoms with Gasteiger partial charge in [0.05, 0.1) is 0 Å². The molecule has 7 heteroatoms. The van der Waals surface area contributed by atoms with Gasteiger partial charge in [0.25, 0.3) is 0 Å². The lowest BCUT2D eigenvalue weighted by atomic mass is 10.2. The minimum absolute atomic E-state index is 0.132. The molecule has 2 aromatic rings. The Morgan fingerprint density at radius 1 is 1.16 bits per heavy atom. The molecule has 0 aliphatic heterocycles. The molecular weight excluding hydrogens is 326 g/mol. The molecule has 0 aliphatic carbocycles. The zero-order chi connectivity index (χ0) is 18.4. The van der Waals surface area contributed by atoms with Gasteiger partial charge < -0.3 is 19.2 Å². The Morgan fingerprint density at radius 3 is 2.60 bits per heavy atom. The number of fused-ring (bicyclic) bond motifs is 1. The van der Waals surface area contributed by atoms with E-state index in [0.717, 1.165) is 5.39 Å². The van der Waals surface area contributed by atoms with Gasteiger partial charge in [-0.15, -0.1) is 0 Å². The van der Waals surface area contributed by atoms with E-state index in [0.29, 0.717) is 24.3 Å². The fourth-order valence-corrected chi connectivity index (χ4v) is 2.02. The molecule has 25 heavy (non-hydrogen) atoms. The molecule has 134 valence electrons. The van der Waals surface area contributed by atoms with Crippen molar-refractivity contribution in [3.05, 3.63) is 40.8 Å². The van der Waals surface area contributed by atoms with E-state index in [-0.39, 0.29) is 6.42 Å². The summed E-state index contributed by atoms with van der Waals surface area (Å²) in [4.78, 5) is 34.5. The van der Waals surface area contributed by atoms with Crippen molar-refractivity contribution < 1.29 is 23.5 Å². The van der Waals surface area contributed by atoms with Crippen LogP contribution in [0.4, 0.5) is 4.79 Å². The normalized spacial score (nSPS) is 11.2. The third-order valence-electron chi connectivity index (χ3n) is 3.05. The largest absolute Gasteiger partial charge is 0.444 e. The number of hydrogen-bond acceptors (Lipinski definition) is 6. The van der Waals surface area contributed by atoms with E-state index < -0.39 is 23.3 Å². The number of benzene rings is 1. The highest BCUT2D eigenvalue weighted by molar-refractivity contribution is 5.79. The molecule has 0 saturated carbocycles. The van der Waals surface area contributed by atoms with Crippen LogP contribution in [0.5, 0.6) is 5.75 Å². The third-order valence-corrected chi connectivity index (χ3v) is 3.05. The molecule has 0 atom stereocenters. The highest BCUT2D eigenvalue weighted by Gasteiger charge is 2.15. The maximum atomic E-state index is 11.8. The Hall–Kier alpha value is -2.83. The van der Waals surface area contributed by atoms with Gasteiger partial charge in [0, 0.05) is 30.5 Å². The van der Waals surface area contributed by atoms with Gasteiger partial charge in [-0.25, -0.2) is 9.59 Å². The summed E-state index contributed by atoms with van der Waals surface area (Å²) in [5, 5.41) is 3.31. The maximum absolute atomic E-state index is 11.8. The Kier molecular flexibility index (Phi) is 5.80. The van der Waals surface area contributed by atoms with Gasteiger partial charge in [0.2, 0.25) is 0 Å². The van der Waals surface area contributed by atoms with Crippen molar-refractivity contribution in [2.45, 2.75) is 39.2 Å². The van der Waals surface area contributed by atoms with E-state index in [4.69, 9.17) is 13.9 Å². The second-order valence-corrected chi connectivity index (χ2v) is 6.46. The van der Waals surface area contributed by atoms with Gasteiger partial charge in [-0.2, -0.15) is 0 Å². The van der Waals surface area contributed by atoms with Crippen molar-refractivity contribution in [2.75, 3.05) is 6.54 Å². The molecular formula is C18H21NO6. The van der Waals surface area contributed by atoms with E-state index in [1.807, 2.05) is 0 Å². The summed E-state index contributed by atoms with van der Waals surface area (Å²) in [6, 6.07) is 7.78. The van der Waals surface area contributed by atoms with Gasteiger partial charge >= 0.3 is 17.7 Å². The van der Waals surface area contributed by atoms with Crippen LogP contribution in [-0.2, 0) is 9.53 Å². The first-order valence-corrected chi connectivity index (χ1v) is 7.94. The summed E-state index contributed by atoms with van der Waals surface area (Å²) >= 11 is 0. The summed E-state index contributed by atoms with van der Waals surface area (Å²) in [7, 11) is 0.